The summed E-state index contributed by atoms with van der Waals surface area (Å²) in [6.07, 6.45) is 5.60. The second-order valence-corrected chi connectivity index (χ2v) is 7.73. The summed E-state index contributed by atoms with van der Waals surface area (Å²) in [7, 11) is 0. The van der Waals surface area contributed by atoms with Crippen LogP contribution in [0.25, 0.3) is 27.8 Å². The Bertz CT molecular complexity index is 1280. The number of imidazole rings is 1. The van der Waals surface area contributed by atoms with E-state index in [2.05, 4.69) is 37.1 Å². The van der Waals surface area contributed by atoms with Crippen molar-refractivity contribution < 1.29 is 0 Å². The first-order chi connectivity index (χ1) is 14.9. The summed E-state index contributed by atoms with van der Waals surface area (Å²) in [4.78, 5) is 19.8. The number of hydrogen-bond acceptors (Lipinski definition) is 5. The topological polar surface area (TPSA) is 75.5 Å². The maximum atomic E-state index is 4.81. The lowest BCUT2D eigenvalue weighted by atomic mass is 9.96. The van der Waals surface area contributed by atoms with Crippen molar-refractivity contribution in [3.8, 4) is 5.69 Å². The van der Waals surface area contributed by atoms with Crippen molar-refractivity contribution in [3.63, 3.8) is 0 Å². The molecule has 4 heterocycles. The molecule has 5 aromatic rings. The molecule has 0 atom stereocenters. The molecule has 0 spiro atoms. The monoisotopic (exact) mass is 395 g/mol. The predicted molar refractivity (Wildman–Crippen MR) is 117 cm³/mol. The van der Waals surface area contributed by atoms with Crippen LogP contribution in [0.5, 0.6) is 0 Å². The van der Waals surface area contributed by atoms with Gasteiger partial charge in [-0.3, -0.25) is 0 Å². The standard InChI is InChI=1S/C23H21N7/c1-2-6-17(7-3-1)30-23-18(14-26-30)22(24-15-25-23)29-12-10-16(11-13-29)21-27-19-8-4-5-9-20(19)28-21/h1-9,14-16H,10-13H2,(H,27,28). The Hall–Kier alpha value is -3.74. The first kappa shape index (κ1) is 17.1. The van der Waals surface area contributed by atoms with E-state index in [0.717, 1.165) is 65.3 Å². The van der Waals surface area contributed by atoms with E-state index < -0.39 is 0 Å². The summed E-state index contributed by atoms with van der Waals surface area (Å²) < 4.78 is 1.88. The van der Waals surface area contributed by atoms with Gasteiger partial charge < -0.3 is 9.88 Å². The molecule has 148 valence electrons. The molecule has 0 unspecified atom stereocenters. The molecule has 7 heteroatoms. The van der Waals surface area contributed by atoms with E-state index in [-0.39, 0.29) is 0 Å². The number of H-pyrrole nitrogens is 1. The van der Waals surface area contributed by atoms with Gasteiger partial charge in [0.1, 0.15) is 18.0 Å². The highest BCUT2D eigenvalue weighted by atomic mass is 15.3. The number of aromatic nitrogens is 6. The van der Waals surface area contributed by atoms with Crippen molar-refractivity contribution in [3.05, 3.63) is 72.9 Å². The fourth-order valence-corrected chi connectivity index (χ4v) is 4.37. The van der Waals surface area contributed by atoms with Gasteiger partial charge in [-0.25, -0.2) is 19.6 Å². The molecule has 0 bridgehead atoms. The second-order valence-electron chi connectivity index (χ2n) is 7.73. The Morgan fingerprint density at radius 1 is 0.900 bits per heavy atom. The molecule has 1 N–H and O–H groups in total. The zero-order valence-electron chi connectivity index (χ0n) is 16.4. The summed E-state index contributed by atoms with van der Waals surface area (Å²) in [5, 5.41) is 5.57. The normalized spacial score (nSPS) is 15.3. The van der Waals surface area contributed by atoms with Crippen molar-refractivity contribution in [1.82, 2.24) is 29.7 Å². The highest BCUT2D eigenvalue weighted by molar-refractivity contribution is 5.87. The first-order valence-electron chi connectivity index (χ1n) is 10.3. The lowest BCUT2D eigenvalue weighted by molar-refractivity contribution is 0.488. The molecule has 0 radical (unpaired) electrons. The van der Waals surface area contributed by atoms with E-state index in [1.807, 2.05) is 53.3 Å². The molecule has 0 saturated carbocycles. The third-order valence-corrected chi connectivity index (χ3v) is 5.93. The highest BCUT2D eigenvalue weighted by Gasteiger charge is 2.25. The summed E-state index contributed by atoms with van der Waals surface area (Å²) >= 11 is 0. The Morgan fingerprint density at radius 2 is 1.70 bits per heavy atom. The lowest BCUT2D eigenvalue weighted by Crippen LogP contribution is -2.34. The van der Waals surface area contributed by atoms with Gasteiger partial charge in [-0.15, -0.1) is 0 Å². The first-order valence-corrected chi connectivity index (χ1v) is 10.3. The Labute approximate surface area is 173 Å². The number of benzene rings is 2. The number of rotatable bonds is 3. The number of nitrogens with zero attached hydrogens (tertiary/aromatic N) is 6. The molecule has 0 aliphatic carbocycles. The van der Waals surface area contributed by atoms with Crippen LogP contribution in [0.15, 0.2) is 67.1 Å². The second kappa shape index (κ2) is 6.95. The van der Waals surface area contributed by atoms with Crippen molar-refractivity contribution in [1.29, 1.82) is 0 Å². The molecule has 1 aliphatic heterocycles. The largest absolute Gasteiger partial charge is 0.356 e. The quantitative estimate of drug-likeness (QED) is 0.498. The van der Waals surface area contributed by atoms with Gasteiger partial charge in [-0.2, -0.15) is 5.10 Å². The molecular weight excluding hydrogens is 374 g/mol. The minimum absolute atomic E-state index is 0.443. The van der Waals surface area contributed by atoms with Crippen LogP contribution in [0, 0.1) is 0 Å². The molecule has 3 aromatic heterocycles. The number of fused-ring (bicyclic) bond motifs is 2. The van der Waals surface area contributed by atoms with E-state index >= 15 is 0 Å². The highest BCUT2D eigenvalue weighted by Crippen LogP contribution is 2.32. The number of anilines is 1. The minimum Gasteiger partial charge on any atom is -0.356 e. The van der Waals surface area contributed by atoms with Crippen LogP contribution >= 0.6 is 0 Å². The Morgan fingerprint density at radius 3 is 2.53 bits per heavy atom. The van der Waals surface area contributed by atoms with Gasteiger partial charge >= 0.3 is 0 Å². The van der Waals surface area contributed by atoms with E-state index in [4.69, 9.17) is 4.98 Å². The summed E-state index contributed by atoms with van der Waals surface area (Å²) in [6.45, 7) is 1.87. The van der Waals surface area contributed by atoms with Gasteiger partial charge in [0.15, 0.2) is 5.65 Å². The van der Waals surface area contributed by atoms with Crippen LogP contribution < -0.4 is 4.90 Å². The van der Waals surface area contributed by atoms with Crippen molar-refractivity contribution in [2.75, 3.05) is 18.0 Å². The number of piperidine rings is 1. The van der Waals surface area contributed by atoms with Crippen molar-refractivity contribution in [2.24, 2.45) is 0 Å². The Balaban J connectivity index is 1.26. The number of hydrogen-bond donors (Lipinski definition) is 1. The third-order valence-electron chi connectivity index (χ3n) is 5.93. The molecule has 1 aliphatic rings. The molecule has 1 saturated heterocycles. The van der Waals surface area contributed by atoms with Crippen LogP contribution in [-0.2, 0) is 0 Å². The summed E-state index contributed by atoms with van der Waals surface area (Å²) in [5.74, 6) is 2.50. The van der Waals surface area contributed by atoms with Gasteiger partial charge in [0.25, 0.3) is 0 Å². The summed E-state index contributed by atoms with van der Waals surface area (Å²) in [5.41, 5.74) is 3.99. The molecule has 0 amide bonds. The Kier molecular flexibility index (Phi) is 3.97. The van der Waals surface area contributed by atoms with E-state index in [0.29, 0.717) is 5.92 Å². The smallest absolute Gasteiger partial charge is 0.168 e. The van der Waals surface area contributed by atoms with Crippen molar-refractivity contribution in [2.45, 2.75) is 18.8 Å². The zero-order chi connectivity index (χ0) is 19.9. The maximum absolute atomic E-state index is 4.81. The van der Waals surface area contributed by atoms with Gasteiger partial charge in [0.05, 0.1) is 28.3 Å². The molecular formula is C23H21N7. The maximum Gasteiger partial charge on any atom is 0.168 e. The van der Waals surface area contributed by atoms with Crippen LogP contribution in [0.1, 0.15) is 24.6 Å². The number of para-hydroxylation sites is 3. The van der Waals surface area contributed by atoms with Crippen molar-refractivity contribution >= 4 is 27.9 Å². The number of aromatic amines is 1. The zero-order valence-corrected chi connectivity index (χ0v) is 16.4. The van der Waals surface area contributed by atoms with E-state index in [1.165, 1.54) is 0 Å². The van der Waals surface area contributed by atoms with Gasteiger partial charge in [0.2, 0.25) is 0 Å². The average molecular weight is 395 g/mol. The van der Waals surface area contributed by atoms with Gasteiger partial charge in [-0.1, -0.05) is 30.3 Å². The summed E-state index contributed by atoms with van der Waals surface area (Å²) in [6, 6.07) is 18.3. The fraction of sp³-hybridized carbons (Fsp3) is 0.217. The number of nitrogens with one attached hydrogen (secondary N) is 1. The molecule has 6 rings (SSSR count). The SMILES string of the molecule is c1ccc(-n2ncc3c(N4CCC(c5nc6ccccc6[nH]5)CC4)ncnc32)cc1. The molecule has 7 nitrogen and oxygen atoms in total. The van der Waals surface area contributed by atoms with E-state index in [1.54, 1.807) is 6.33 Å². The molecule has 2 aromatic carbocycles. The van der Waals surface area contributed by atoms with Crippen LogP contribution in [0.3, 0.4) is 0 Å². The van der Waals surface area contributed by atoms with Crippen LogP contribution in [-0.4, -0.2) is 42.8 Å². The minimum atomic E-state index is 0.443. The molecule has 30 heavy (non-hydrogen) atoms. The van der Waals surface area contributed by atoms with E-state index in [9.17, 15) is 0 Å². The molecule has 1 fully saturated rings. The van der Waals surface area contributed by atoms with Gasteiger partial charge in [-0.05, 0) is 37.1 Å². The van der Waals surface area contributed by atoms with Gasteiger partial charge in [0, 0.05) is 19.0 Å². The third kappa shape index (κ3) is 2.82. The predicted octanol–water partition coefficient (Wildman–Crippen LogP) is 4.08. The fourth-order valence-electron chi connectivity index (χ4n) is 4.37. The van der Waals surface area contributed by atoms with Crippen LogP contribution in [0.4, 0.5) is 5.82 Å². The lowest BCUT2D eigenvalue weighted by Gasteiger charge is -2.32. The average Bonchev–Trinajstić information content (AvgIpc) is 3.44. The van der Waals surface area contributed by atoms with Crippen LogP contribution in [0.2, 0.25) is 0 Å².